The largest absolute Gasteiger partial charge is 0.490 e. The third-order valence-electron chi connectivity index (χ3n) is 4.32. The van der Waals surface area contributed by atoms with E-state index in [9.17, 15) is 0 Å². The van der Waals surface area contributed by atoms with E-state index in [1.165, 1.54) is 24.0 Å². The number of nitrogens with two attached hydrogens (primary N) is 1. The van der Waals surface area contributed by atoms with E-state index in [0.29, 0.717) is 0 Å². The van der Waals surface area contributed by atoms with Crippen LogP contribution in [0.1, 0.15) is 57.1 Å². The minimum atomic E-state index is -0.0578. The molecule has 1 aliphatic heterocycles. The molecule has 2 heteroatoms. The Hall–Kier alpha value is -1.02. The Labute approximate surface area is 117 Å². The van der Waals surface area contributed by atoms with Gasteiger partial charge in [-0.25, -0.2) is 0 Å². The van der Waals surface area contributed by atoms with Crippen LogP contribution >= 0.6 is 0 Å². The van der Waals surface area contributed by atoms with Crippen LogP contribution in [0.25, 0.3) is 0 Å². The smallest absolute Gasteiger partial charge is 0.123 e. The van der Waals surface area contributed by atoms with Crippen molar-refractivity contribution in [2.45, 2.75) is 70.9 Å². The Morgan fingerprint density at radius 1 is 1.37 bits per heavy atom. The average Bonchev–Trinajstić information content (AvgIpc) is 2.77. The maximum absolute atomic E-state index is 6.55. The molecule has 0 spiro atoms. The Morgan fingerprint density at radius 2 is 2.16 bits per heavy atom. The number of hydrogen-bond donors (Lipinski definition) is 1. The second-order valence-electron chi connectivity index (χ2n) is 6.08. The summed E-state index contributed by atoms with van der Waals surface area (Å²) < 4.78 is 6.06. The first-order chi connectivity index (χ1) is 9.06. The van der Waals surface area contributed by atoms with Crippen LogP contribution < -0.4 is 10.5 Å². The molecule has 0 fully saturated rings. The predicted octanol–water partition coefficient (Wildman–Crippen LogP) is 3.99. The van der Waals surface area contributed by atoms with Gasteiger partial charge in [0.2, 0.25) is 0 Å². The molecule has 0 amide bonds. The van der Waals surface area contributed by atoms with Crippen molar-refractivity contribution >= 4 is 0 Å². The van der Waals surface area contributed by atoms with Gasteiger partial charge in [0.05, 0.1) is 0 Å². The standard InChI is InChI=1S/C17H27NO/c1-4-6-9-17(18,5-2)12-15-11-14-10-13(3)7-8-16(14)19-15/h7-8,10,15H,4-6,9,11-12,18H2,1-3H3. The zero-order chi connectivity index (χ0) is 13.9. The van der Waals surface area contributed by atoms with Gasteiger partial charge in [-0.2, -0.15) is 0 Å². The highest BCUT2D eigenvalue weighted by molar-refractivity contribution is 5.40. The van der Waals surface area contributed by atoms with E-state index in [2.05, 4.69) is 39.0 Å². The van der Waals surface area contributed by atoms with Gasteiger partial charge in [0.15, 0.2) is 0 Å². The van der Waals surface area contributed by atoms with Crippen LogP contribution in [0.15, 0.2) is 18.2 Å². The van der Waals surface area contributed by atoms with Crippen molar-refractivity contribution in [2.75, 3.05) is 0 Å². The summed E-state index contributed by atoms with van der Waals surface area (Å²) in [6.07, 6.45) is 6.81. The van der Waals surface area contributed by atoms with Gasteiger partial charge in [0, 0.05) is 18.4 Å². The zero-order valence-corrected chi connectivity index (χ0v) is 12.5. The lowest BCUT2D eigenvalue weighted by molar-refractivity contribution is 0.169. The highest BCUT2D eigenvalue weighted by Gasteiger charge is 2.31. The summed E-state index contributed by atoms with van der Waals surface area (Å²) in [6.45, 7) is 6.55. The van der Waals surface area contributed by atoms with Gasteiger partial charge in [-0.3, -0.25) is 0 Å². The van der Waals surface area contributed by atoms with Crippen molar-refractivity contribution < 1.29 is 4.74 Å². The molecule has 0 aliphatic carbocycles. The quantitative estimate of drug-likeness (QED) is 0.840. The molecule has 0 saturated heterocycles. The van der Waals surface area contributed by atoms with Crippen LogP contribution in [-0.2, 0) is 6.42 Å². The summed E-state index contributed by atoms with van der Waals surface area (Å²) >= 11 is 0. The number of ether oxygens (including phenoxy) is 1. The highest BCUT2D eigenvalue weighted by atomic mass is 16.5. The molecule has 19 heavy (non-hydrogen) atoms. The van der Waals surface area contributed by atoms with Crippen LogP contribution in [0, 0.1) is 6.92 Å². The van der Waals surface area contributed by atoms with E-state index in [1.54, 1.807) is 0 Å². The maximum Gasteiger partial charge on any atom is 0.123 e. The van der Waals surface area contributed by atoms with Gasteiger partial charge in [0.1, 0.15) is 11.9 Å². The highest BCUT2D eigenvalue weighted by Crippen LogP contribution is 2.34. The molecule has 0 bridgehead atoms. The molecule has 0 saturated carbocycles. The lowest BCUT2D eigenvalue weighted by atomic mass is 9.84. The van der Waals surface area contributed by atoms with Crippen molar-refractivity contribution in [3.8, 4) is 5.75 Å². The van der Waals surface area contributed by atoms with Gasteiger partial charge in [-0.05, 0) is 31.4 Å². The zero-order valence-electron chi connectivity index (χ0n) is 12.5. The second kappa shape index (κ2) is 5.96. The van der Waals surface area contributed by atoms with Crippen molar-refractivity contribution in [1.82, 2.24) is 0 Å². The van der Waals surface area contributed by atoms with Gasteiger partial charge < -0.3 is 10.5 Å². The number of unbranched alkanes of at least 4 members (excludes halogenated alkanes) is 1. The summed E-state index contributed by atoms with van der Waals surface area (Å²) in [5, 5.41) is 0. The monoisotopic (exact) mass is 261 g/mol. The topological polar surface area (TPSA) is 35.2 Å². The molecule has 0 radical (unpaired) electrons. The summed E-state index contributed by atoms with van der Waals surface area (Å²) in [7, 11) is 0. The molecule has 106 valence electrons. The van der Waals surface area contributed by atoms with Crippen LogP contribution in [0.4, 0.5) is 0 Å². The summed E-state index contributed by atoms with van der Waals surface area (Å²) in [5.74, 6) is 1.06. The minimum Gasteiger partial charge on any atom is -0.490 e. The number of aryl methyl sites for hydroxylation is 1. The summed E-state index contributed by atoms with van der Waals surface area (Å²) in [4.78, 5) is 0. The first-order valence-corrected chi connectivity index (χ1v) is 7.61. The number of rotatable bonds is 6. The number of hydrogen-bond acceptors (Lipinski definition) is 2. The molecule has 1 heterocycles. The average molecular weight is 261 g/mol. The molecular formula is C17H27NO. The van der Waals surface area contributed by atoms with Crippen LogP contribution in [0.2, 0.25) is 0 Å². The minimum absolute atomic E-state index is 0.0578. The fourth-order valence-electron chi connectivity index (χ4n) is 2.97. The Morgan fingerprint density at radius 3 is 2.84 bits per heavy atom. The Balaban J connectivity index is 1.98. The molecule has 1 aromatic carbocycles. The van der Waals surface area contributed by atoms with Gasteiger partial charge >= 0.3 is 0 Å². The maximum atomic E-state index is 6.55. The number of benzene rings is 1. The third-order valence-corrected chi connectivity index (χ3v) is 4.32. The first kappa shape index (κ1) is 14.4. The second-order valence-corrected chi connectivity index (χ2v) is 6.08. The molecular weight excluding hydrogens is 234 g/mol. The van der Waals surface area contributed by atoms with Crippen LogP contribution in [0.3, 0.4) is 0 Å². The van der Waals surface area contributed by atoms with Crippen molar-refractivity contribution in [3.63, 3.8) is 0 Å². The third kappa shape index (κ3) is 3.50. The van der Waals surface area contributed by atoms with E-state index in [4.69, 9.17) is 10.5 Å². The molecule has 1 aromatic rings. The Kier molecular flexibility index (Phi) is 4.51. The van der Waals surface area contributed by atoms with E-state index in [0.717, 1.165) is 31.4 Å². The molecule has 2 nitrogen and oxygen atoms in total. The van der Waals surface area contributed by atoms with Crippen molar-refractivity contribution in [1.29, 1.82) is 0 Å². The molecule has 0 aromatic heterocycles. The normalized spacial score (nSPS) is 20.7. The fraction of sp³-hybridized carbons (Fsp3) is 0.647. The molecule has 2 unspecified atom stereocenters. The molecule has 1 aliphatic rings. The number of fused-ring (bicyclic) bond motifs is 1. The van der Waals surface area contributed by atoms with Crippen molar-refractivity contribution in [3.05, 3.63) is 29.3 Å². The van der Waals surface area contributed by atoms with Crippen molar-refractivity contribution in [2.24, 2.45) is 5.73 Å². The summed E-state index contributed by atoms with van der Waals surface area (Å²) in [5.41, 5.74) is 9.15. The van der Waals surface area contributed by atoms with Gasteiger partial charge in [-0.15, -0.1) is 0 Å². The van der Waals surface area contributed by atoms with E-state index >= 15 is 0 Å². The van der Waals surface area contributed by atoms with E-state index < -0.39 is 0 Å². The summed E-state index contributed by atoms with van der Waals surface area (Å²) in [6, 6.07) is 6.46. The van der Waals surface area contributed by atoms with Gasteiger partial charge in [0.25, 0.3) is 0 Å². The fourth-order valence-corrected chi connectivity index (χ4v) is 2.97. The Bertz CT molecular complexity index is 429. The van der Waals surface area contributed by atoms with Crippen LogP contribution in [0.5, 0.6) is 5.75 Å². The molecule has 2 atom stereocenters. The predicted molar refractivity (Wildman–Crippen MR) is 80.7 cm³/mol. The lowest BCUT2D eigenvalue weighted by Crippen LogP contribution is -2.43. The molecule has 2 N–H and O–H groups in total. The first-order valence-electron chi connectivity index (χ1n) is 7.61. The van der Waals surface area contributed by atoms with Gasteiger partial charge in [-0.1, -0.05) is 44.4 Å². The van der Waals surface area contributed by atoms with E-state index in [1.807, 2.05) is 0 Å². The SMILES string of the molecule is CCCCC(N)(CC)CC1Cc2cc(C)ccc2O1. The molecule has 2 rings (SSSR count). The lowest BCUT2D eigenvalue weighted by Gasteiger charge is -2.30. The van der Waals surface area contributed by atoms with Crippen LogP contribution in [-0.4, -0.2) is 11.6 Å². The van der Waals surface area contributed by atoms with E-state index in [-0.39, 0.29) is 11.6 Å².